The van der Waals surface area contributed by atoms with Crippen molar-refractivity contribution in [3.8, 4) is 0 Å². The average Bonchev–Trinajstić information content (AvgIpc) is 1.88. The van der Waals surface area contributed by atoms with Gasteiger partial charge in [-0.25, -0.2) is 0 Å². The smallest absolute Gasteiger partial charge is 0.0654 e. The van der Waals surface area contributed by atoms with E-state index in [2.05, 4.69) is 27.6 Å². The van der Waals surface area contributed by atoms with E-state index in [0.29, 0.717) is 0 Å². The fourth-order valence-corrected chi connectivity index (χ4v) is 0.769. The first-order chi connectivity index (χ1) is 4.35. The van der Waals surface area contributed by atoms with Crippen molar-refractivity contribution < 1.29 is 0 Å². The summed E-state index contributed by atoms with van der Waals surface area (Å²) in [6.07, 6.45) is 3.83. The zero-order valence-corrected chi connectivity index (χ0v) is 7.42. The van der Waals surface area contributed by atoms with Crippen LogP contribution in [0.4, 0.5) is 0 Å². The minimum absolute atomic E-state index is 0.884. The van der Waals surface area contributed by atoms with Gasteiger partial charge in [-0.3, -0.25) is 4.99 Å². The van der Waals surface area contributed by atoms with Crippen LogP contribution in [0.25, 0.3) is 0 Å². The molecule has 0 aromatic heterocycles. The molecule has 0 spiro atoms. The van der Waals surface area contributed by atoms with E-state index in [1.165, 1.54) is 6.21 Å². The van der Waals surface area contributed by atoms with Gasteiger partial charge in [-0.1, -0.05) is 6.92 Å². The second-order valence-corrected chi connectivity index (χ2v) is 1.96. The van der Waals surface area contributed by atoms with E-state index in [0.717, 1.165) is 12.1 Å². The molecule has 9 heavy (non-hydrogen) atoms. The van der Waals surface area contributed by atoms with Crippen LogP contribution in [-0.2, 0) is 0 Å². The highest BCUT2D eigenvalue weighted by Crippen LogP contribution is 1.99. The molecule has 0 bridgehead atoms. The zero-order valence-electron chi connectivity index (χ0n) is 5.26. The lowest BCUT2D eigenvalue weighted by Gasteiger charge is -1.89. The minimum atomic E-state index is 0.884. The molecule has 0 fully saturated rings. The van der Waals surface area contributed by atoms with Gasteiger partial charge in [0.2, 0.25) is 0 Å². The van der Waals surface area contributed by atoms with E-state index in [1.54, 1.807) is 10.3 Å². The molecule has 0 aromatic rings. The van der Waals surface area contributed by atoms with E-state index in [-0.39, 0.29) is 0 Å². The lowest BCUT2D eigenvalue weighted by Crippen LogP contribution is -1.74. The molecule has 0 amide bonds. The Morgan fingerprint density at radius 2 is 2.44 bits per heavy atom. The molecule has 0 unspecified atom stereocenters. The van der Waals surface area contributed by atoms with Gasteiger partial charge in [0, 0.05) is 11.9 Å². The summed E-state index contributed by atoms with van der Waals surface area (Å²) in [6, 6.07) is 0. The number of halogens is 1. The third kappa shape index (κ3) is 4.32. The predicted molar refractivity (Wildman–Crippen MR) is 49.7 cm³/mol. The van der Waals surface area contributed by atoms with Gasteiger partial charge in [0.15, 0.2) is 0 Å². The highest BCUT2D eigenvalue weighted by Gasteiger charge is 1.83. The maximum absolute atomic E-state index is 6.74. The van der Waals surface area contributed by atoms with Gasteiger partial charge >= 0.3 is 0 Å². The van der Waals surface area contributed by atoms with Gasteiger partial charge in [-0.05, 0) is 35.1 Å². The van der Waals surface area contributed by atoms with Crippen molar-refractivity contribution in [1.29, 1.82) is 5.41 Å². The maximum Gasteiger partial charge on any atom is 0.0654 e. The van der Waals surface area contributed by atoms with Crippen LogP contribution in [0.5, 0.6) is 0 Å². The number of aliphatic imine (C=N–C) groups is 1. The number of hydrogen-bond donors (Lipinski definition) is 1. The molecule has 0 aromatic carbocycles. The third-order valence-corrected chi connectivity index (χ3v) is 1.13. The van der Waals surface area contributed by atoms with E-state index in [4.69, 9.17) is 5.41 Å². The van der Waals surface area contributed by atoms with Crippen molar-refractivity contribution in [2.24, 2.45) is 4.99 Å². The van der Waals surface area contributed by atoms with Gasteiger partial charge in [0.05, 0.1) is 4.22 Å². The molecule has 0 saturated heterocycles. The number of nitrogens with one attached hydrogen (secondary N) is 1. The van der Waals surface area contributed by atoms with Crippen LogP contribution in [0.1, 0.15) is 13.3 Å². The summed E-state index contributed by atoms with van der Waals surface area (Å²) in [5, 5.41) is 6.74. The molecule has 0 saturated carbocycles. The van der Waals surface area contributed by atoms with E-state index < -0.39 is 0 Å². The number of nitrogens with zero attached hydrogens (tertiary/aromatic N) is 1. The fraction of sp³-hybridized carbons (Fsp3) is 0.333. The van der Waals surface area contributed by atoms with Gasteiger partial charge < -0.3 is 5.41 Å². The molecule has 0 aliphatic carbocycles. The Balaban J connectivity index is 3.96. The largest absolute Gasteiger partial charge is 0.309 e. The van der Waals surface area contributed by atoms with Crippen molar-refractivity contribution in [2.75, 3.05) is 0 Å². The second kappa shape index (κ2) is 5.94. The van der Waals surface area contributed by atoms with Crippen LogP contribution >= 0.6 is 22.6 Å². The molecule has 50 valence electrons. The molecule has 0 aliphatic heterocycles. The van der Waals surface area contributed by atoms with Crippen LogP contribution in [0.2, 0.25) is 0 Å². The second-order valence-electron chi connectivity index (χ2n) is 1.40. The first-order valence-electron chi connectivity index (χ1n) is 2.67. The topological polar surface area (TPSA) is 36.2 Å². The van der Waals surface area contributed by atoms with E-state index in [9.17, 15) is 0 Å². The summed E-state index contributed by atoms with van der Waals surface area (Å²) in [6.45, 7) is 2.01. The first-order valence-corrected chi connectivity index (χ1v) is 3.92. The highest BCUT2D eigenvalue weighted by atomic mass is 127. The minimum Gasteiger partial charge on any atom is -0.309 e. The summed E-state index contributed by atoms with van der Waals surface area (Å²) in [5.74, 6) is 0. The number of allylic oxidation sites excluding steroid dienone is 2. The van der Waals surface area contributed by atoms with Crippen LogP contribution < -0.4 is 0 Å². The third-order valence-electron chi connectivity index (χ3n) is 0.853. The molecule has 0 rings (SSSR count). The quantitative estimate of drug-likeness (QED) is 0.577. The standard InChI is InChI=1S/C6H9IN2/c1-2-6(3-4-8)9-5-7/h3-5,8H,2H2,1H3/b6-3-,8-4?,9-5?. The molecule has 1 N–H and O–H groups in total. The van der Waals surface area contributed by atoms with Crippen LogP contribution in [0, 0.1) is 5.41 Å². The van der Waals surface area contributed by atoms with E-state index in [1.807, 2.05) is 6.92 Å². The molecule has 0 atom stereocenters. The lowest BCUT2D eigenvalue weighted by atomic mass is 10.3. The van der Waals surface area contributed by atoms with Gasteiger partial charge in [-0.2, -0.15) is 0 Å². The van der Waals surface area contributed by atoms with Crippen molar-refractivity contribution in [3.05, 3.63) is 11.8 Å². The van der Waals surface area contributed by atoms with Crippen molar-refractivity contribution >= 4 is 33.0 Å². The Labute approximate surface area is 68.7 Å². The number of hydrogen-bond acceptors (Lipinski definition) is 2. The predicted octanol–water partition coefficient (Wildman–Crippen LogP) is 2.39. The van der Waals surface area contributed by atoms with E-state index >= 15 is 0 Å². The Hall–Kier alpha value is -0.190. The Bertz CT molecular complexity index is 138. The molecule has 2 nitrogen and oxygen atoms in total. The van der Waals surface area contributed by atoms with Crippen LogP contribution in [0.3, 0.4) is 0 Å². The molecule has 0 radical (unpaired) electrons. The van der Waals surface area contributed by atoms with Gasteiger partial charge in [0.1, 0.15) is 0 Å². The highest BCUT2D eigenvalue weighted by molar-refractivity contribution is 14.1. The normalized spacial score (nSPS) is 12.4. The molecular weight excluding hydrogens is 227 g/mol. The Morgan fingerprint density at radius 1 is 1.78 bits per heavy atom. The average molecular weight is 236 g/mol. The van der Waals surface area contributed by atoms with Crippen molar-refractivity contribution in [3.63, 3.8) is 0 Å². The van der Waals surface area contributed by atoms with Crippen molar-refractivity contribution in [2.45, 2.75) is 13.3 Å². The Kier molecular flexibility index (Phi) is 5.81. The molecule has 0 aliphatic rings. The molecule has 3 heteroatoms. The summed E-state index contributed by atoms with van der Waals surface area (Å²) >= 11 is 2.06. The first kappa shape index (κ1) is 8.81. The SMILES string of the molecule is CC/C(=C/C=N)N=CI. The summed E-state index contributed by atoms with van der Waals surface area (Å²) < 4.78 is 1.70. The van der Waals surface area contributed by atoms with Gasteiger partial charge in [0.25, 0.3) is 0 Å². The molecule has 0 heterocycles. The van der Waals surface area contributed by atoms with Crippen LogP contribution in [-0.4, -0.2) is 10.4 Å². The summed E-state index contributed by atoms with van der Waals surface area (Å²) in [5.41, 5.74) is 0.944. The van der Waals surface area contributed by atoms with Gasteiger partial charge in [-0.15, -0.1) is 0 Å². The Morgan fingerprint density at radius 3 is 2.78 bits per heavy atom. The summed E-state index contributed by atoms with van der Waals surface area (Å²) in [7, 11) is 0. The lowest BCUT2D eigenvalue weighted by molar-refractivity contribution is 1.08. The maximum atomic E-state index is 6.74. The zero-order chi connectivity index (χ0) is 7.11. The fourth-order valence-electron chi connectivity index (χ4n) is 0.411. The summed E-state index contributed by atoms with van der Waals surface area (Å²) in [4.78, 5) is 4.00. The monoisotopic (exact) mass is 236 g/mol. The van der Waals surface area contributed by atoms with Crippen LogP contribution in [0.15, 0.2) is 16.8 Å². The van der Waals surface area contributed by atoms with Crippen molar-refractivity contribution in [1.82, 2.24) is 0 Å². The molecular formula is C6H9IN2. The number of rotatable bonds is 3.